The molecule has 8 heteroatoms. The van der Waals surface area contributed by atoms with E-state index in [0.717, 1.165) is 17.5 Å². The van der Waals surface area contributed by atoms with Gasteiger partial charge in [-0.3, -0.25) is 4.79 Å². The van der Waals surface area contributed by atoms with Gasteiger partial charge in [-0.1, -0.05) is 36.4 Å². The highest BCUT2D eigenvalue weighted by Gasteiger charge is 2.26. The maximum Gasteiger partial charge on any atom is 0.255 e. The third kappa shape index (κ3) is 4.15. The molecule has 2 aromatic carbocycles. The largest absolute Gasteiger partial charge is 0.496 e. The molecule has 1 unspecified atom stereocenters. The van der Waals surface area contributed by atoms with Gasteiger partial charge in [0, 0.05) is 25.8 Å². The fraction of sp³-hybridized carbons (Fsp3) is 0.292. The molecule has 0 aliphatic carbocycles. The summed E-state index contributed by atoms with van der Waals surface area (Å²) in [5.41, 5.74) is 3.42. The molecular weight excluding hydrogens is 406 g/mol. The van der Waals surface area contributed by atoms with Gasteiger partial charge in [-0.2, -0.15) is 10.4 Å². The van der Waals surface area contributed by atoms with E-state index in [-0.39, 0.29) is 11.9 Å². The fourth-order valence-corrected chi connectivity index (χ4v) is 3.85. The standard InChI is InChI=1S/C24H25N5O3/c1-26-23-20(13-25)22(28-29(23)18-11-12-32-15-18)17-9-7-16(8-10-17)14-27-24(30)19-5-3-4-6-21(19)31-2/h3-10,18,26H,11-12,14-15H2,1-2H3,(H,27,30). The zero-order valence-corrected chi connectivity index (χ0v) is 18.1. The molecule has 0 spiro atoms. The molecule has 2 N–H and O–H groups in total. The van der Waals surface area contributed by atoms with Crippen LogP contribution in [0.25, 0.3) is 11.3 Å². The Kier molecular flexibility index (Phi) is 6.38. The molecule has 0 radical (unpaired) electrons. The number of carbonyl (C=O) groups is 1. The van der Waals surface area contributed by atoms with E-state index in [2.05, 4.69) is 16.7 Å². The van der Waals surface area contributed by atoms with Crippen molar-refractivity contribution in [2.75, 3.05) is 32.7 Å². The van der Waals surface area contributed by atoms with Crippen molar-refractivity contribution in [2.24, 2.45) is 0 Å². The van der Waals surface area contributed by atoms with E-state index < -0.39 is 0 Å². The predicted molar refractivity (Wildman–Crippen MR) is 121 cm³/mol. The van der Waals surface area contributed by atoms with Gasteiger partial charge >= 0.3 is 0 Å². The summed E-state index contributed by atoms with van der Waals surface area (Å²) in [7, 11) is 3.34. The van der Waals surface area contributed by atoms with Gasteiger partial charge in [0.2, 0.25) is 0 Å². The van der Waals surface area contributed by atoms with Crippen LogP contribution in [0.4, 0.5) is 5.82 Å². The van der Waals surface area contributed by atoms with Crippen LogP contribution in [0.1, 0.15) is 33.9 Å². The van der Waals surface area contributed by atoms with Crippen LogP contribution < -0.4 is 15.4 Å². The number of para-hydroxylation sites is 1. The molecule has 1 amide bonds. The molecule has 1 saturated heterocycles. The number of aromatic nitrogens is 2. The highest BCUT2D eigenvalue weighted by Crippen LogP contribution is 2.32. The summed E-state index contributed by atoms with van der Waals surface area (Å²) in [6.45, 7) is 1.66. The Labute approximate surface area is 186 Å². The van der Waals surface area contributed by atoms with E-state index in [1.54, 1.807) is 32.4 Å². The highest BCUT2D eigenvalue weighted by atomic mass is 16.5. The zero-order chi connectivity index (χ0) is 22.5. The van der Waals surface area contributed by atoms with Crippen LogP contribution in [0, 0.1) is 11.3 Å². The Morgan fingerprint density at radius 3 is 2.72 bits per heavy atom. The second kappa shape index (κ2) is 9.54. The molecule has 1 aliphatic rings. The minimum Gasteiger partial charge on any atom is -0.496 e. The van der Waals surface area contributed by atoms with Crippen LogP contribution in [0.5, 0.6) is 5.75 Å². The van der Waals surface area contributed by atoms with Crippen LogP contribution in [0.2, 0.25) is 0 Å². The lowest BCUT2D eigenvalue weighted by atomic mass is 10.1. The average molecular weight is 431 g/mol. The lowest BCUT2D eigenvalue weighted by molar-refractivity contribution is 0.0948. The maximum atomic E-state index is 12.5. The number of nitrogens with one attached hydrogen (secondary N) is 2. The lowest BCUT2D eigenvalue weighted by Gasteiger charge is -2.12. The van der Waals surface area contributed by atoms with Crippen molar-refractivity contribution in [2.45, 2.75) is 19.0 Å². The zero-order valence-electron chi connectivity index (χ0n) is 18.1. The number of hydrogen-bond acceptors (Lipinski definition) is 6. The van der Waals surface area contributed by atoms with Gasteiger partial charge in [0.25, 0.3) is 5.91 Å². The number of carbonyl (C=O) groups excluding carboxylic acids is 1. The molecule has 4 rings (SSSR count). The third-order valence-electron chi connectivity index (χ3n) is 5.54. The summed E-state index contributed by atoms with van der Waals surface area (Å²) < 4.78 is 12.6. The number of nitriles is 1. The monoisotopic (exact) mass is 431 g/mol. The first kappa shape index (κ1) is 21.4. The maximum absolute atomic E-state index is 12.5. The number of rotatable bonds is 7. The normalized spacial score (nSPS) is 15.2. The Morgan fingerprint density at radius 2 is 2.06 bits per heavy atom. The van der Waals surface area contributed by atoms with E-state index in [4.69, 9.17) is 14.6 Å². The fourth-order valence-electron chi connectivity index (χ4n) is 3.85. The molecule has 0 bridgehead atoms. The van der Waals surface area contributed by atoms with Crippen molar-refractivity contribution < 1.29 is 14.3 Å². The second-order valence-corrected chi connectivity index (χ2v) is 7.48. The van der Waals surface area contributed by atoms with Crippen LogP contribution in [0.3, 0.4) is 0 Å². The topological polar surface area (TPSA) is 101 Å². The molecule has 0 saturated carbocycles. The van der Waals surface area contributed by atoms with E-state index >= 15 is 0 Å². The van der Waals surface area contributed by atoms with Crippen LogP contribution in [-0.2, 0) is 11.3 Å². The number of ether oxygens (including phenoxy) is 2. The Balaban J connectivity index is 1.51. The Hall–Kier alpha value is -3.83. The second-order valence-electron chi connectivity index (χ2n) is 7.48. The van der Waals surface area contributed by atoms with Crippen molar-refractivity contribution in [3.05, 3.63) is 65.2 Å². The number of anilines is 1. The summed E-state index contributed by atoms with van der Waals surface area (Å²) in [5.74, 6) is 1.04. The lowest BCUT2D eigenvalue weighted by Crippen LogP contribution is -2.23. The van der Waals surface area contributed by atoms with Gasteiger partial charge in [0.1, 0.15) is 28.9 Å². The molecular formula is C24H25N5O3. The molecule has 1 aromatic heterocycles. The van der Waals surface area contributed by atoms with Gasteiger partial charge in [-0.15, -0.1) is 0 Å². The minimum atomic E-state index is -0.200. The van der Waals surface area contributed by atoms with E-state index in [1.807, 2.05) is 35.0 Å². The Morgan fingerprint density at radius 1 is 1.28 bits per heavy atom. The van der Waals surface area contributed by atoms with Gasteiger partial charge in [-0.05, 0) is 24.1 Å². The summed E-state index contributed by atoms with van der Waals surface area (Å²) in [5, 5.41) is 20.5. The molecule has 1 fully saturated rings. The summed E-state index contributed by atoms with van der Waals surface area (Å²) in [4.78, 5) is 12.5. The van der Waals surface area contributed by atoms with Crippen LogP contribution >= 0.6 is 0 Å². The van der Waals surface area contributed by atoms with Gasteiger partial charge in [-0.25, -0.2) is 4.68 Å². The Bertz CT molecular complexity index is 1140. The van der Waals surface area contributed by atoms with Gasteiger partial charge < -0.3 is 20.1 Å². The summed E-state index contributed by atoms with van der Waals surface area (Å²) in [6.07, 6.45) is 0.867. The van der Waals surface area contributed by atoms with Crippen molar-refractivity contribution in [1.29, 1.82) is 5.26 Å². The van der Waals surface area contributed by atoms with E-state index in [1.165, 1.54) is 0 Å². The van der Waals surface area contributed by atoms with Crippen molar-refractivity contribution in [3.8, 4) is 23.1 Å². The SMILES string of the molecule is CNc1c(C#N)c(-c2ccc(CNC(=O)c3ccccc3OC)cc2)nn1C1CCOC1. The molecule has 3 aromatic rings. The first-order valence-corrected chi connectivity index (χ1v) is 10.4. The summed E-state index contributed by atoms with van der Waals surface area (Å²) >= 11 is 0. The number of amides is 1. The van der Waals surface area contributed by atoms with E-state index in [0.29, 0.717) is 48.1 Å². The first-order chi connectivity index (χ1) is 15.7. The molecule has 164 valence electrons. The van der Waals surface area contributed by atoms with Crippen molar-refractivity contribution in [1.82, 2.24) is 15.1 Å². The number of methoxy groups -OCH3 is 1. The molecule has 32 heavy (non-hydrogen) atoms. The number of nitrogens with zero attached hydrogens (tertiary/aromatic N) is 3. The van der Waals surface area contributed by atoms with Crippen LogP contribution in [-0.4, -0.2) is 43.1 Å². The molecule has 8 nitrogen and oxygen atoms in total. The van der Waals surface area contributed by atoms with Crippen molar-refractivity contribution >= 4 is 11.7 Å². The van der Waals surface area contributed by atoms with Gasteiger partial charge in [0.15, 0.2) is 0 Å². The average Bonchev–Trinajstić information content (AvgIpc) is 3.50. The number of benzene rings is 2. The quantitative estimate of drug-likeness (QED) is 0.595. The van der Waals surface area contributed by atoms with Crippen LogP contribution in [0.15, 0.2) is 48.5 Å². The number of hydrogen-bond donors (Lipinski definition) is 2. The van der Waals surface area contributed by atoms with Crippen molar-refractivity contribution in [3.63, 3.8) is 0 Å². The smallest absolute Gasteiger partial charge is 0.255 e. The minimum absolute atomic E-state index is 0.114. The molecule has 1 atom stereocenters. The van der Waals surface area contributed by atoms with E-state index in [9.17, 15) is 10.1 Å². The molecule has 2 heterocycles. The first-order valence-electron chi connectivity index (χ1n) is 10.4. The molecule has 1 aliphatic heterocycles. The third-order valence-corrected chi connectivity index (χ3v) is 5.54. The predicted octanol–water partition coefficient (Wildman–Crippen LogP) is 3.36. The van der Waals surface area contributed by atoms with Gasteiger partial charge in [0.05, 0.1) is 25.3 Å². The highest BCUT2D eigenvalue weighted by molar-refractivity contribution is 5.96. The summed E-state index contributed by atoms with van der Waals surface area (Å²) in [6, 6.07) is 17.2.